The fourth-order valence-electron chi connectivity index (χ4n) is 2.99. The summed E-state index contributed by atoms with van der Waals surface area (Å²) in [5, 5.41) is 12.1. The summed E-state index contributed by atoms with van der Waals surface area (Å²) in [6, 6.07) is 1.54. The van der Waals surface area contributed by atoms with Gasteiger partial charge in [-0.2, -0.15) is 0 Å². The van der Waals surface area contributed by atoms with E-state index in [0.29, 0.717) is 24.7 Å². The summed E-state index contributed by atoms with van der Waals surface area (Å²) in [6.45, 7) is 2.60. The van der Waals surface area contributed by atoms with Crippen molar-refractivity contribution in [1.29, 1.82) is 0 Å². The van der Waals surface area contributed by atoms with Gasteiger partial charge in [0.05, 0.1) is 6.61 Å². The fourth-order valence-corrected chi connectivity index (χ4v) is 2.99. The summed E-state index contributed by atoms with van der Waals surface area (Å²) in [5.41, 5.74) is 0. The number of nitrogens with one attached hydrogen (secondary N) is 1. The molecule has 0 atom stereocenters. The maximum absolute atomic E-state index is 11.7. The highest BCUT2D eigenvalue weighted by atomic mass is 16.3. The normalized spacial score (nSPS) is 29.1. The van der Waals surface area contributed by atoms with E-state index in [0.717, 1.165) is 25.7 Å². The van der Waals surface area contributed by atoms with E-state index in [2.05, 4.69) is 10.2 Å². The van der Waals surface area contributed by atoms with Gasteiger partial charge in [-0.05, 0) is 38.5 Å². The summed E-state index contributed by atoms with van der Waals surface area (Å²) in [6.07, 6.45) is 6.87. The van der Waals surface area contributed by atoms with Crippen molar-refractivity contribution in [3.63, 3.8) is 0 Å². The first-order valence-corrected chi connectivity index (χ1v) is 6.85. The summed E-state index contributed by atoms with van der Waals surface area (Å²) < 4.78 is 0. The second-order valence-electron chi connectivity index (χ2n) is 5.34. The number of aliphatic hydroxyl groups excluding tert-OH is 1. The molecule has 0 radical (unpaired) electrons. The van der Waals surface area contributed by atoms with E-state index >= 15 is 0 Å². The second-order valence-corrected chi connectivity index (χ2v) is 5.34. The van der Waals surface area contributed by atoms with Gasteiger partial charge in [-0.15, -0.1) is 0 Å². The van der Waals surface area contributed by atoms with Crippen molar-refractivity contribution in [2.24, 2.45) is 0 Å². The predicted molar refractivity (Wildman–Crippen MR) is 66.7 cm³/mol. The molecule has 2 N–H and O–H groups in total. The number of rotatable bonds is 5. The average molecular weight is 240 g/mol. The van der Waals surface area contributed by atoms with Gasteiger partial charge in [0.15, 0.2) is 0 Å². The Morgan fingerprint density at radius 2 is 1.71 bits per heavy atom. The van der Waals surface area contributed by atoms with E-state index in [9.17, 15) is 4.79 Å². The standard InChI is InChI=1S/C13H24N2O2/c1-10(17)15(13-6-7-13)12-4-2-11(3-5-12)14-8-9-16/h11-14,16H,2-9H2,1H3. The number of nitrogens with zero attached hydrogens (tertiary/aromatic N) is 1. The van der Waals surface area contributed by atoms with Crippen LogP contribution in [0.3, 0.4) is 0 Å². The SMILES string of the molecule is CC(=O)N(C1CCC(NCCO)CC1)C1CC1. The van der Waals surface area contributed by atoms with Crippen LogP contribution in [0, 0.1) is 0 Å². The van der Waals surface area contributed by atoms with Crippen LogP contribution in [-0.2, 0) is 4.79 Å². The van der Waals surface area contributed by atoms with Crippen LogP contribution >= 0.6 is 0 Å². The minimum Gasteiger partial charge on any atom is -0.395 e. The van der Waals surface area contributed by atoms with Gasteiger partial charge in [0.2, 0.25) is 5.91 Å². The summed E-state index contributed by atoms with van der Waals surface area (Å²) >= 11 is 0. The summed E-state index contributed by atoms with van der Waals surface area (Å²) in [7, 11) is 0. The van der Waals surface area contributed by atoms with Crippen molar-refractivity contribution in [2.45, 2.75) is 63.6 Å². The number of amides is 1. The third-order valence-electron chi connectivity index (χ3n) is 3.94. The quantitative estimate of drug-likeness (QED) is 0.750. The third-order valence-corrected chi connectivity index (χ3v) is 3.94. The van der Waals surface area contributed by atoms with Gasteiger partial charge >= 0.3 is 0 Å². The molecule has 2 fully saturated rings. The van der Waals surface area contributed by atoms with Crippen molar-refractivity contribution in [3.8, 4) is 0 Å². The lowest BCUT2D eigenvalue weighted by Crippen LogP contribution is -2.45. The zero-order chi connectivity index (χ0) is 12.3. The molecule has 2 saturated carbocycles. The Labute approximate surface area is 103 Å². The second kappa shape index (κ2) is 5.83. The van der Waals surface area contributed by atoms with E-state index < -0.39 is 0 Å². The van der Waals surface area contributed by atoms with Gasteiger partial charge in [0.1, 0.15) is 0 Å². The topological polar surface area (TPSA) is 52.6 Å². The van der Waals surface area contributed by atoms with Gasteiger partial charge in [-0.1, -0.05) is 0 Å². The largest absolute Gasteiger partial charge is 0.395 e. The van der Waals surface area contributed by atoms with Crippen molar-refractivity contribution in [2.75, 3.05) is 13.2 Å². The molecule has 4 heteroatoms. The molecule has 0 unspecified atom stereocenters. The van der Waals surface area contributed by atoms with Crippen LogP contribution in [-0.4, -0.2) is 47.2 Å². The molecule has 0 aromatic carbocycles. The molecule has 1 amide bonds. The van der Waals surface area contributed by atoms with Gasteiger partial charge in [0, 0.05) is 31.6 Å². The van der Waals surface area contributed by atoms with Gasteiger partial charge in [0.25, 0.3) is 0 Å². The average Bonchev–Trinajstić information content (AvgIpc) is 3.12. The van der Waals surface area contributed by atoms with Crippen LogP contribution < -0.4 is 5.32 Å². The first kappa shape index (κ1) is 12.8. The molecule has 0 bridgehead atoms. The van der Waals surface area contributed by atoms with Crippen LogP contribution in [0.25, 0.3) is 0 Å². The zero-order valence-corrected chi connectivity index (χ0v) is 10.7. The molecule has 2 aliphatic carbocycles. The van der Waals surface area contributed by atoms with Crippen molar-refractivity contribution in [1.82, 2.24) is 10.2 Å². The van der Waals surface area contributed by atoms with Gasteiger partial charge < -0.3 is 15.3 Å². The van der Waals surface area contributed by atoms with Crippen molar-refractivity contribution >= 4 is 5.91 Å². The van der Waals surface area contributed by atoms with Crippen molar-refractivity contribution < 1.29 is 9.90 Å². The van der Waals surface area contributed by atoms with Crippen LogP contribution in [0.4, 0.5) is 0 Å². The Kier molecular flexibility index (Phi) is 4.40. The lowest BCUT2D eigenvalue weighted by Gasteiger charge is -2.37. The monoisotopic (exact) mass is 240 g/mol. The molecule has 98 valence electrons. The maximum Gasteiger partial charge on any atom is 0.219 e. The summed E-state index contributed by atoms with van der Waals surface area (Å²) in [5.74, 6) is 0.249. The molecular formula is C13H24N2O2. The molecular weight excluding hydrogens is 216 g/mol. The van der Waals surface area contributed by atoms with Gasteiger partial charge in [-0.25, -0.2) is 0 Å². The van der Waals surface area contributed by atoms with Crippen LogP contribution in [0.2, 0.25) is 0 Å². The number of aliphatic hydroxyl groups is 1. The number of hydrogen-bond donors (Lipinski definition) is 2. The Balaban J connectivity index is 1.79. The Hall–Kier alpha value is -0.610. The Morgan fingerprint density at radius 3 is 2.12 bits per heavy atom. The lowest BCUT2D eigenvalue weighted by molar-refractivity contribution is -0.132. The predicted octanol–water partition coefficient (Wildman–Crippen LogP) is 0.890. The van der Waals surface area contributed by atoms with E-state index in [1.54, 1.807) is 6.92 Å². The number of carbonyl (C=O) groups excluding carboxylic acids is 1. The Morgan fingerprint density at radius 1 is 1.18 bits per heavy atom. The highest BCUT2D eigenvalue weighted by molar-refractivity contribution is 5.74. The van der Waals surface area contributed by atoms with E-state index in [4.69, 9.17) is 5.11 Å². The van der Waals surface area contributed by atoms with E-state index in [-0.39, 0.29) is 12.5 Å². The maximum atomic E-state index is 11.7. The van der Waals surface area contributed by atoms with Crippen molar-refractivity contribution in [3.05, 3.63) is 0 Å². The van der Waals surface area contributed by atoms with E-state index in [1.165, 1.54) is 12.8 Å². The molecule has 4 nitrogen and oxygen atoms in total. The highest BCUT2D eigenvalue weighted by Crippen LogP contribution is 2.33. The first-order valence-electron chi connectivity index (χ1n) is 6.85. The number of hydrogen-bond acceptors (Lipinski definition) is 3. The van der Waals surface area contributed by atoms with Gasteiger partial charge in [-0.3, -0.25) is 4.79 Å². The molecule has 0 heterocycles. The zero-order valence-electron chi connectivity index (χ0n) is 10.7. The molecule has 0 aliphatic heterocycles. The molecule has 0 aromatic heterocycles. The number of carbonyl (C=O) groups is 1. The minimum absolute atomic E-state index is 0.210. The lowest BCUT2D eigenvalue weighted by atomic mass is 9.90. The highest BCUT2D eigenvalue weighted by Gasteiger charge is 2.37. The van der Waals surface area contributed by atoms with E-state index in [1.807, 2.05) is 0 Å². The molecule has 0 saturated heterocycles. The first-order chi connectivity index (χ1) is 8.22. The third kappa shape index (κ3) is 3.42. The molecule has 17 heavy (non-hydrogen) atoms. The molecule has 0 spiro atoms. The summed E-state index contributed by atoms with van der Waals surface area (Å²) in [4.78, 5) is 13.8. The van der Waals surface area contributed by atoms with Crippen LogP contribution in [0.5, 0.6) is 0 Å². The Bertz CT molecular complexity index is 258. The molecule has 0 aromatic rings. The fraction of sp³-hybridized carbons (Fsp3) is 0.923. The van der Waals surface area contributed by atoms with Crippen LogP contribution in [0.15, 0.2) is 0 Å². The van der Waals surface area contributed by atoms with Crippen LogP contribution in [0.1, 0.15) is 45.4 Å². The smallest absolute Gasteiger partial charge is 0.219 e. The minimum atomic E-state index is 0.210. The molecule has 2 aliphatic rings. The molecule has 2 rings (SSSR count).